The van der Waals surface area contributed by atoms with Crippen molar-refractivity contribution in [2.24, 2.45) is 0 Å². The van der Waals surface area contributed by atoms with Crippen LogP contribution < -0.4 is 4.74 Å². The lowest BCUT2D eigenvalue weighted by Crippen LogP contribution is -2.33. The van der Waals surface area contributed by atoms with Gasteiger partial charge in [0.05, 0.1) is 53.6 Å². The van der Waals surface area contributed by atoms with E-state index in [9.17, 15) is 14.3 Å². The molecule has 4 heterocycles. The molecule has 4 aromatic rings. The molecule has 2 aliphatic rings. The highest BCUT2D eigenvalue weighted by molar-refractivity contribution is 5.92. The fraction of sp³-hybridized carbons (Fsp3) is 0.355. The van der Waals surface area contributed by atoms with Gasteiger partial charge in [-0.2, -0.15) is 5.26 Å². The minimum atomic E-state index is -0.966. The second kappa shape index (κ2) is 11.6. The summed E-state index contributed by atoms with van der Waals surface area (Å²) in [5, 5.41) is 18.4. The quantitative estimate of drug-likeness (QED) is 0.305. The number of carboxylic acids is 1. The van der Waals surface area contributed by atoms with Crippen LogP contribution in [-0.4, -0.2) is 51.0 Å². The normalized spacial score (nSPS) is 20.3. The number of pyridine rings is 1. The third-order valence-electron chi connectivity index (χ3n) is 7.76. The molecule has 0 saturated carbocycles. The van der Waals surface area contributed by atoms with Crippen molar-refractivity contribution in [1.82, 2.24) is 14.5 Å². The average Bonchev–Trinajstić information content (AvgIpc) is 3.30. The Balaban J connectivity index is 1.10. The topological polar surface area (TPSA) is 119 Å². The molecule has 0 radical (unpaired) electrons. The van der Waals surface area contributed by atoms with Crippen LogP contribution in [-0.2, 0) is 29.0 Å². The smallest absolute Gasteiger partial charge is 0.335 e. The molecule has 0 bridgehead atoms. The number of halogens is 1. The van der Waals surface area contributed by atoms with Gasteiger partial charge in [0.1, 0.15) is 18.2 Å². The summed E-state index contributed by atoms with van der Waals surface area (Å²) in [5.41, 5.74) is 3.27. The number of rotatable bonds is 9. The van der Waals surface area contributed by atoms with Crippen molar-refractivity contribution in [3.63, 3.8) is 0 Å². The van der Waals surface area contributed by atoms with Crippen molar-refractivity contribution in [2.45, 2.75) is 57.0 Å². The average molecular weight is 557 g/mol. The molecular weight excluding hydrogens is 527 g/mol. The molecule has 0 aliphatic carbocycles. The number of ether oxygens (including phenoxy) is 3. The maximum absolute atomic E-state index is 14.2. The van der Waals surface area contributed by atoms with Crippen LogP contribution in [0.25, 0.3) is 11.0 Å². The van der Waals surface area contributed by atoms with Gasteiger partial charge >= 0.3 is 5.97 Å². The van der Waals surface area contributed by atoms with Crippen LogP contribution >= 0.6 is 0 Å². The van der Waals surface area contributed by atoms with E-state index in [-0.39, 0.29) is 35.9 Å². The summed E-state index contributed by atoms with van der Waals surface area (Å²) in [6.07, 6.45) is 3.35. The molecule has 0 amide bonds. The first-order chi connectivity index (χ1) is 20.0. The molecule has 2 saturated heterocycles. The number of nitrogens with zero attached hydrogens (tertiary/aromatic N) is 4. The molecule has 41 heavy (non-hydrogen) atoms. The molecule has 6 rings (SSSR count). The van der Waals surface area contributed by atoms with Crippen molar-refractivity contribution in [1.29, 1.82) is 5.26 Å². The van der Waals surface area contributed by atoms with E-state index in [1.165, 1.54) is 6.07 Å². The molecule has 2 aliphatic heterocycles. The van der Waals surface area contributed by atoms with E-state index < -0.39 is 11.8 Å². The largest absolute Gasteiger partial charge is 0.478 e. The van der Waals surface area contributed by atoms with Gasteiger partial charge in [0.2, 0.25) is 5.88 Å². The van der Waals surface area contributed by atoms with E-state index in [0.29, 0.717) is 31.0 Å². The van der Waals surface area contributed by atoms with Crippen LogP contribution in [0.1, 0.15) is 58.2 Å². The molecule has 1 N–H and O–H groups in total. The molecule has 2 fully saturated rings. The van der Waals surface area contributed by atoms with Crippen LogP contribution in [0.4, 0.5) is 4.39 Å². The number of carbonyl (C=O) groups is 1. The number of fused-ring (bicyclic) bond motifs is 1. The minimum absolute atomic E-state index is 0.0120. The molecular formula is C31H29FN4O5. The Bertz CT molecular complexity index is 1620. The lowest BCUT2D eigenvalue weighted by molar-refractivity contribution is -0.0594. The Kier molecular flexibility index (Phi) is 7.63. The molecule has 0 spiro atoms. The Morgan fingerprint density at radius 1 is 1.10 bits per heavy atom. The molecule has 0 unspecified atom stereocenters. The number of aromatic carboxylic acids is 1. The van der Waals surface area contributed by atoms with Gasteiger partial charge in [-0.05, 0) is 55.7 Å². The van der Waals surface area contributed by atoms with Gasteiger partial charge in [-0.15, -0.1) is 0 Å². The number of hydrogen-bond acceptors (Lipinski definition) is 7. The number of imidazole rings is 1. The van der Waals surface area contributed by atoms with Crippen LogP contribution in [0.2, 0.25) is 0 Å². The van der Waals surface area contributed by atoms with E-state index in [1.54, 1.807) is 36.4 Å². The van der Waals surface area contributed by atoms with Gasteiger partial charge in [-0.25, -0.2) is 19.2 Å². The maximum Gasteiger partial charge on any atom is 0.335 e. The highest BCUT2D eigenvalue weighted by Crippen LogP contribution is 2.31. The molecule has 2 aromatic carbocycles. The van der Waals surface area contributed by atoms with Gasteiger partial charge in [-0.3, -0.25) is 0 Å². The third-order valence-corrected chi connectivity index (χ3v) is 7.76. The fourth-order valence-corrected chi connectivity index (χ4v) is 5.33. The van der Waals surface area contributed by atoms with Crippen molar-refractivity contribution in [2.75, 3.05) is 13.2 Å². The zero-order valence-corrected chi connectivity index (χ0v) is 22.3. The fourth-order valence-electron chi connectivity index (χ4n) is 5.33. The summed E-state index contributed by atoms with van der Waals surface area (Å²) >= 11 is 0. The van der Waals surface area contributed by atoms with Gasteiger partial charge in [0.15, 0.2) is 0 Å². The first-order valence-electron chi connectivity index (χ1n) is 13.7. The summed E-state index contributed by atoms with van der Waals surface area (Å²) in [6, 6.07) is 16.8. The first-order valence-corrected chi connectivity index (χ1v) is 13.7. The number of hydrogen-bond donors (Lipinski definition) is 1. The summed E-state index contributed by atoms with van der Waals surface area (Å²) in [7, 11) is 0. The van der Waals surface area contributed by atoms with Crippen molar-refractivity contribution >= 4 is 17.0 Å². The molecule has 210 valence electrons. The molecule has 2 aromatic heterocycles. The highest BCUT2D eigenvalue weighted by atomic mass is 19.1. The molecule has 9 nitrogen and oxygen atoms in total. The van der Waals surface area contributed by atoms with Crippen molar-refractivity contribution in [3.05, 3.63) is 88.6 Å². The standard InChI is InChI=1S/C31H29FN4O5/c32-25-12-19(15-33)4-5-21(25)17-41-30-3-1-2-26(35-30)22-6-8-23(40-18-22)14-29-34-27-9-7-20(31(37)38)13-28(27)36(29)16-24-10-11-39-24/h1-5,7,9,12-13,22-24H,6,8,10-11,14,16-18H2,(H,37,38)/t22-,23+,24+/m1/s1. The van der Waals surface area contributed by atoms with E-state index in [4.69, 9.17) is 24.5 Å². The maximum atomic E-state index is 14.2. The van der Waals surface area contributed by atoms with Gasteiger partial charge in [0.25, 0.3) is 0 Å². The van der Waals surface area contributed by atoms with Crippen LogP contribution in [0.5, 0.6) is 5.88 Å². The lowest BCUT2D eigenvalue weighted by atomic mass is 9.93. The second-order valence-electron chi connectivity index (χ2n) is 10.5. The molecule has 10 heteroatoms. The van der Waals surface area contributed by atoms with Crippen LogP contribution in [0.15, 0.2) is 54.6 Å². The van der Waals surface area contributed by atoms with Crippen LogP contribution in [0.3, 0.4) is 0 Å². The van der Waals surface area contributed by atoms with E-state index >= 15 is 0 Å². The van der Waals surface area contributed by atoms with E-state index in [0.717, 1.165) is 48.4 Å². The Morgan fingerprint density at radius 3 is 2.68 bits per heavy atom. The third kappa shape index (κ3) is 5.92. The number of benzene rings is 2. The summed E-state index contributed by atoms with van der Waals surface area (Å²) in [6.45, 7) is 1.89. The van der Waals surface area contributed by atoms with Gasteiger partial charge in [-0.1, -0.05) is 12.1 Å². The van der Waals surface area contributed by atoms with Crippen molar-refractivity contribution in [3.8, 4) is 11.9 Å². The predicted molar refractivity (Wildman–Crippen MR) is 146 cm³/mol. The number of nitriles is 1. The lowest BCUT2D eigenvalue weighted by Gasteiger charge is -2.30. The first kappa shape index (κ1) is 26.9. The Hall–Kier alpha value is -4.33. The van der Waals surface area contributed by atoms with Crippen LogP contribution in [0, 0.1) is 17.1 Å². The summed E-state index contributed by atoms with van der Waals surface area (Å²) < 4.78 is 34.0. The Labute approximate surface area is 236 Å². The van der Waals surface area contributed by atoms with E-state index in [2.05, 4.69) is 9.55 Å². The number of carboxylic acid groups (broad SMARTS) is 1. The molecule has 3 atom stereocenters. The zero-order chi connectivity index (χ0) is 28.3. The van der Waals surface area contributed by atoms with E-state index in [1.807, 2.05) is 18.2 Å². The Morgan fingerprint density at radius 2 is 1.98 bits per heavy atom. The second-order valence-corrected chi connectivity index (χ2v) is 10.5. The SMILES string of the molecule is N#Cc1ccc(COc2cccc([C@@H]3CC[C@@H](Cc4nc5ccc(C(=O)O)cc5n4C[C@@H]4CCO4)OC3)n2)c(F)c1. The predicted octanol–water partition coefficient (Wildman–Crippen LogP) is 5.01. The van der Waals surface area contributed by atoms with Gasteiger partial charge in [0, 0.05) is 36.3 Å². The summed E-state index contributed by atoms with van der Waals surface area (Å²) in [4.78, 5) is 21.0. The highest BCUT2D eigenvalue weighted by Gasteiger charge is 2.28. The number of aromatic nitrogens is 3. The zero-order valence-electron chi connectivity index (χ0n) is 22.3. The monoisotopic (exact) mass is 556 g/mol. The van der Waals surface area contributed by atoms with Crippen molar-refractivity contribution < 1.29 is 28.5 Å². The minimum Gasteiger partial charge on any atom is -0.478 e. The van der Waals surface area contributed by atoms with Gasteiger partial charge < -0.3 is 23.9 Å². The summed E-state index contributed by atoms with van der Waals surface area (Å²) in [5.74, 6) is -0.0805.